The monoisotopic (exact) mass is 382 g/mol. The van der Waals surface area contributed by atoms with Gasteiger partial charge in [0, 0.05) is 27.5 Å². The van der Waals surface area contributed by atoms with Gasteiger partial charge in [-0.25, -0.2) is 4.79 Å². The third kappa shape index (κ3) is 2.68. The third-order valence-corrected chi connectivity index (χ3v) is 5.12. The molecule has 0 unspecified atom stereocenters. The van der Waals surface area contributed by atoms with Crippen LogP contribution in [-0.2, 0) is 4.74 Å². The number of benzene rings is 4. The zero-order valence-corrected chi connectivity index (χ0v) is 16.1. The van der Waals surface area contributed by atoms with Crippen molar-refractivity contribution < 1.29 is 13.9 Å². The molecule has 0 fully saturated rings. The maximum Gasteiger partial charge on any atom is 0.343 e. The average molecular weight is 382 g/mol. The van der Waals surface area contributed by atoms with Crippen LogP contribution < -0.4 is 5.43 Å². The Kier molecular flexibility index (Phi) is 3.88. The highest BCUT2D eigenvalue weighted by Gasteiger charge is 2.28. The summed E-state index contributed by atoms with van der Waals surface area (Å²) in [5.41, 5.74) is 2.57. The minimum absolute atomic E-state index is 0.0582. The zero-order valence-electron chi connectivity index (χ0n) is 16.1. The molecule has 0 bridgehead atoms. The molecular formula is C25H18O4. The van der Waals surface area contributed by atoms with Crippen molar-refractivity contribution in [3.05, 3.63) is 82.5 Å². The van der Waals surface area contributed by atoms with Gasteiger partial charge in [-0.1, -0.05) is 54.6 Å². The van der Waals surface area contributed by atoms with Crippen LogP contribution in [-0.4, -0.2) is 12.1 Å². The van der Waals surface area contributed by atoms with Gasteiger partial charge in [0.2, 0.25) is 5.43 Å². The van der Waals surface area contributed by atoms with Crippen molar-refractivity contribution in [2.75, 3.05) is 0 Å². The summed E-state index contributed by atoms with van der Waals surface area (Å²) < 4.78 is 11.6. The summed E-state index contributed by atoms with van der Waals surface area (Å²) >= 11 is 0. The summed E-state index contributed by atoms with van der Waals surface area (Å²) in [6.45, 7) is 3.54. The first-order valence-corrected chi connectivity index (χ1v) is 9.55. The Labute approximate surface area is 167 Å². The number of hydrogen-bond donors (Lipinski definition) is 0. The molecule has 0 saturated carbocycles. The molecular weight excluding hydrogens is 364 g/mol. The zero-order chi connectivity index (χ0) is 20.1. The molecule has 29 heavy (non-hydrogen) atoms. The van der Waals surface area contributed by atoms with Crippen LogP contribution in [0.3, 0.4) is 0 Å². The largest absolute Gasteiger partial charge is 0.459 e. The number of rotatable bonds is 3. The topological polar surface area (TPSA) is 56.5 Å². The second-order valence-corrected chi connectivity index (χ2v) is 7.39. The molecule has 1 aliphatic heterocycles. The maximum atomic E-state index is 13.3. The van der Waals surface area contributed by atoms with E-state index < -0.39 is 5.97 Å². The van der Waals surface area contributed by atoms with Gasteiger partial charge in [0.05, 0.1) is 6.10 Å². The van der Waals surface area contributed by atoms with E-state index in [4.69, 9.17) is 9.15 Å². The predicted molar refractivity (Wildman–Crippen MR) is 114 cm³/mol. The second kappa shape index (κ2) is 6.45. The lowest BCUT2D eigenvalue weighted by atomic mass is 9.87. The summed E-state index contributed by atoms with van der Waals surface area (Å²) in [6, 6.07) is 20.8. The molecule has 0 radical (unpaired) electrons. The molecule has 0 aromatic heterocycles. The molecule has 1 aliphatic carbocycles. The Hall–Kier alpha value is -3.66. The fourth-order valence-corrected chi connectivity index (χ4v) is 3.93. The van der Waals surface area contributed by atoms with Crippen molar-refractivity contribution in [3.8, 4) is 22.5 Å². The van der Waals surface area contributed by atoms with Crippen molar-refractivity contribution in [1.82, 2.24) is 0 Å². The second-order valence-electron chi connectivity index (χ2n) is 7.39. The smallest absolute Gasteiger partial charge is 0.343 e. The van der Waals surface area contributed by atoms with Crippen LogP contribution in [0.25, 0.3) is 44.2 Å². The average Bonchev–Trinajstić information content (AvgIpc) is 2.72. The fourth-order valence-electron chi connectivity index (χ4n) is 3.93. The van der Waals surface area contributed by atoms with E-state index in [0.29, 0.717) is 22.3 Å². The van der Waals surface area contributed by atoms with E-state index in [-0.39, 0.29) is 17.1 Å². The lowest BCUT2D eigenvalue weighted by molar-refractivity contribution is 0.0377. The standard InChI is InChI=1S/C25H18O4/c1-14(2)28-25(27)23-18-13-20(15-7-4-3-5-8-15)29-19-12-11-16-9-6-10-17(24(23)26)21(16)22(18)19/h3-14H,1-2H3. The van der Waals surface area contributed by atoms with E-state index in [1.165, 1.54) is 0 Å². The quantitative estimate of drug-likeness (QED) is 0.296. The summed E-state index contributed by atoms with van der Waals surface area (Å²) in [5.74, 6) is -0.0162. The van der Waals surface area contributed by atoms with Gasteiger partial charge in [-0.3, -0.25) is 4.79 Å². The fraction of sp³-hybridized carbons (Fsp3) is 0.120. The van der Waals surface area contributed by atoms with Crippen LogP contribution in [0.1, 0.15) is 24.2 Å². The number of ether oxygens (including phenoxy) is 1. The van der Waals surface area contributed by atoms with E-state index in [1.807, 2.05) is 54.6 Å². The Bertz CT molecular complexity index is 1380. The summed E-state index contributed by atoms with van der Waals surface area (Å²) in [5, 5.41) is 2.25. The van der Waals surface area contributed by atoms with Gasteiger partial charge in [0.15, 0.2) is 0 Å². The van der Waals surface area contributed by atoms with Gasteiger partial charge in [-0.2, -0.15) is 0 Å². The highest BCUT2D eigenvalue weighted by molar-refractivity contribution is 6.18. The van der Waals surface area contributed by atoms with Crippen LogP contribution in [0.15, 0.2) is 75.9 Å². The molecule has 142 valence electrons. The molecule has 0 amide bonds. The Morgan fingerprint density at radius 3 is 2.52 bits per heavy atom. The highest BCUT2D eigenvalue weighted by atomic mass is 16.5. The molecule has 2 aliphatic rings. The Morgan fingerprint density at radius 2 is 1.76 bits per heavy atom. The Balaban J connectivity index is 1.95. The molecule has 0 N–H and O–H groups in total. The Morgan fingerprint density at radius 1 is 0.966 bits per heavy atom. The van der Waals surface area contributed by atoms with Crippen LogP contribution >= 0.6 is 0 Å². The highest BCUT2D eigenvalue weighted by Crippen LogP contribution is 2.42. The van der Waals surface area contributed by atoms with Gasteiger partial charge in [0.1, 0.15) is 16.9 Å². The molecule has 5 rings (SSSR count). The van der Waals surface area contributed by atoms with Crippen molar-refractivity contribution in [2.24, 2.45) is 0 Å². The molecule has 3 aromatic carbocycles. The van der Waals surface area contributed by atoms with Gasteiger partial charge >= 0.3 is 5.97 Å². The van der Waals surface area contributed by atoms with Gasteiger partial charge in [-0.05, 0) is 31.4 Å². The molecule has 0 atom stereocenters. The third-order valence-electron chi connectivity index (χ3n) is 5.12. The number of carbonyl (C=O) groups is 1. The van der Waals surface area contributed by atoms with E-state index in [0.717, 1.165) is 21.9 Å². The van der Waals surface area contributed by atoms with Crippen molar-refractivity contribution in [1.29, 1.82) is 0 Å². The van der Waals surface area contributed by atoms with E-state index in [2.05, 4.69) is 0 Å². The molecule has 3 aromatic rings. The van der Waals surface area contributed by atoms with Crippen molar-refractivity contribution in [3.63, 3.8) is 0 Å². The SMILES string of the molecule is CC(C)OC(=O)c1c2cc(-c3ccccc3)oc3ccc4cccc(c1=O)c4c3-2. The summed E-state index contributed by atoms with van der Waals surface area (Å²) in [7, 11) is 0. The van der Waals surface area contributed by atoms with Crippen molar-refractivity contribution in [2.45, 2.75) is 20.0 Å². The number of carbonyl (C=O) groups excluding carboxylic acids is 1. The van der Waals surface area contributed by atoms with E-state index in [1.54, 1.807) is 26.0 Å². The van der Waals surface area contributed by atoms with Gasteiger partial charge in [0.25, 0.3) is 0 Å². The molecule has 1 heterocycles. The summed E-state index contributed by atoms with van der Waals surface area (Å²) in [4.78, 5) is 26.3. The number of esters is 1. The normalized spacial score (nSPS) is 11.7. The minimum atomic E-state index is -0.608. The van der Waals surface area contributed by atoms with Gasteiger partial charge < -0.3 is 9.15 Å². The molecule has 0 spiro atoms. The maximum absolute atomic E-state index is 13.3. The first-order chi connectivity index (χ1) is 14.0. The molecule has 0 saturated heterocycles. The van der Waals surface area contributed by atoms with Crippen LogP contribution in [0.4, 0.5) is 0 Å². The number of hydrogen-bond acceptors (Lipinski definition) is 4. The van der Waals surface area contributed by atoms with Crippen LogP contribution in [0.5, 0.6) is 0 Å². The lowest BCUT2D eigenvalue weighted by Crippen LogP contribution is -2.22. The first kappa shape index (κ1) is 17.4. The van der Waals surface area contributed by atoms with Crippen molar-refractivity contribution >= 4 is 27.7 Å². The first-order valence-electron chi connectivity index (χ1n) is 9.55. The summed E-state index contributed by atoms with van der Waals surface area (Å²) in [6.07, 6.45) is -0.326. The molecule has 4 heteroatoms. The minimum Gasteiger partial charge on any atom is -0.459 e. The van der Waals surface area contributed by atoms with Gasteiger partial charge in [-0.15, -0.1) is 0 Å². The van der Waals surface area contributed by atoms with Crippen LogP contribution in [0.2, 0.25) is 0 Å². The predicted octanol–water partition coefficient (Wildman–Crippen LogP) is 5.72. The van der Waals surface area contributed by atoms with Crippen LogP contribution in [0, 0.1) is 0 Å². The molecule has 4 nitrogen and oxygen atoms in total. The van der Waals surface area contributed by atoms with E-state index >= 15 is 0 Å². The van der Waals surface area contributed by atoms with E-state index in [9.17, 15) is 9.59 Å². The lowest BCUT2D eigenvalue weighted by Gasteiger charge is -2.19.